The summed E-state index contributed by atoms with van der Waals surface area (Å²) < 4.78 is 0. The maximum Gasteiger partial charge on any atom is 0.0722 e. The van der Waals surface area contributed by atoms with Gasteiger partial charge in [0, 0.05) is 19.1 Å². The zero-order valence-corrected chi connectivity index (χ0v) is 12.8. The molecule has 2 aromatic carbocycles. The number of aliphatic hydroxyl groups excluding tert-OH is 1. The van der Waals surface area contributed by atoms with Crippen molar-refractivity contribution in [1.82, 2.24) is 4.90 Å². The van der Waals surface area contributed by atoms with Crippen LogP contribution in [0.15, 0.2) is 72.8 Å². The van der Waals surface area contributed by atoms with Crippen LogP contribution in [0, 0.1) is 0 Å². The third kappa shape index (κ3) is 4.06. The van der Waals surface area contributed by atoms with Gasteiger partial charge >= 0.3 is 0 Å². The number of aliphatic hydroxyl groups is 1. The molecule has 0 saturated carbocycles. The second-order valence-electron chi connectivity index (χ2n) is 5.97. The molecule has 0 unspecified atom stereocenters. The van der Waals surface area contributed by atoms with Gasteiger partial charge in [-0.1, -0.05) is 72.8 Å². The molecule has 0 amide bonds. The molecule has 2 atom stereocenters. The number of benzene rings is 2. The van der Waals surface area contributed by atoms with E-state index in [-0.39, 0.29) is 6.10 Å². The van der Waals surface area contributed by atoms with Crippen LogP contribution in [0.5, 0.6) is 0 Å². The molecule has 3 rings (SSSR count). The smallest absolute Gasteiger partial charge is 0.0722 e. The molecule has 0 saturated heterocycles. The largest absolute Gasteiger partial charge is 0.389 e. The average molecular weight is 293 g/mol. The molecule has 114 valence electrons. The molecule has 0 bridgehead atoms. The van der Waals surface area contributed by atoms with Crippen molar-refractivity contribution in [1.29, 1.82) is 0 Å². The summed E-state index contributed by atoms with van der Waals surface area (Å²) in [5, 5.41) is 9.68. The fraction of sp³-hybridized carbons (Fsp3) is 0.300. The van der Waals surface area contributed by atoms with Gasteiger partial charge in [-0.25, -0.2) is 0 Å². The summed E-state index contributed by atoms with van der Waals surface area (Å²) in [6.07, 6.45) is 5.70. The normalized spacial score (nSPS) is 21.2. The van der Waals surface area contributed by atoms with E-state index in [0.717, 1.165) is 25.9 Å². The van der Waals surface area contributed by atoms with Gasteiger partial charge in [-0.3, -0.25) is 4.90 Å². The van der Waals surface area contributed by atoms with Gasteiger partial charge in [0.15, 0.2) is 0 Å². The highest BCUT2D eigenvalue weighted by Crippen LogP contribution is 2.21. The average Bonchev–Trinajstić information content (AvgIpc) is 2.57. The van der Waals surface area contributed by atoms with Gasteiger partial charge < -0.3 is 5.11 Å². The summed E-state index contributed by atoms with van der Waals surface area (Å²) in [4.78, 5) is 2.49. The highest BCUT2D eigenvalue weighted by Gasteiger charge is 2.21. The van der Waals surface area contributed by atoms with E-state index in [2.05, 4.69) is 71.6 Å². The molecular weight excluding hydrogens is 270 g/mol. The van der Waals surface area contributed by atoms with Crippen LogP contribution in [0.25, 0.3) is 0 Å². The van der Waals surface area contributed by atoms with E-state index >= 15 is 0 Å². The number of nitrogens with zero attached hydrogens (tertiary/aromatic N) is 1. The minimum absolute atomic E-state index is 0.272. The van der Waals surface area contributed by atoms with Gasteiger partial charge in [-0.05, 0) is 24.0 Å². The monoisotopic (exact) mass is 293 g/mol. The Morgan fingerprint density at radius 2 is 1.32 bits per heavy atom. The fourth-order valence-corrected chi connectivity index (χ4v) is 3.02. The summed E-state index contributed by atoms with van der Waals surface area (Å²) in [7, 11) is 0. The first-order valence-corrected chi connectivity index (χ1v) is 7.99. The summed E-state index contributed by atoms with van der Waals surface area (Å²) in [6, 6.07) is 21.6. The summed E-state index contributed by atoms with van der Waals surface area (Å²) in [6.45, 7) is 1.86. The Labute approximate surface area is 132 Å². The molecule has 0 aliphatic heterocycles. The van der Waals surface area contributed by atoms with Crippen molar-refractivity contribution in [2.75, 3.05) is 0 Å². The lowest BCUT2D eigenvalue weighted by Gasteiger charge is -2.32. The first kappa shape index (κ1) is 15.0. The first-order chi connectivity index (χ1) is 10.8. The van der Waals surface area contributed by atoms with Gasteiger partial charge in [0.05, 0.1) is 6.10 Å². The minimum atomic E-state index is -0.272. The van der Waals surface area contributed by atoms with E-state index in [0.29, 0.717) is 6.04 Å². The van der Waals surface area contributed by atoms with E-state index in [1.807, 2.05) is 6.08 Å². The molecule has 1 N–H and O–H groups in total. The molecule has 0 fully saturated rings. The van der Waals surface area contributed by atoms with Crippen LogP contribution in [-0.4, -0.2) is 22.2 Å². The van der Waals surface area contributed by atoms with Gasteiger partial charge in [0.2, 0.25) is 0 Å². The molecule has 1 aliphatic carbocycles. The van der Waals surface area contributed by atoms with Crippen LogP contribution in [-0.2, 0) is 13.1 Å². The van der Waals surface area contributed by atoms with Gasteiger partial charge in [0.25, 0.3) is 0 Å². The number of hydrogen-bond donors (Lipinski definition) is 1. The SMILES string of the molecule is O[C@@H]1C=C[C@H](N(Cc2ccccc2)Cc2ccccc2)CC1. The summed E-state index contributed by atoms with van der Waals surface area (Å²) in [5.74, 6) is 0. The van der Waals surface area contributed by atoms with E-state index < -0.39 is 0 Å². The molecular formula is C20H23NO. The Kier molecular flexibility index (Phi) is 5.04. The third-order valence-electron chi connectivity index (χ3n) is 4.24. The second-order valence-corrected chi connectivity index (χ2v) is 5.97. The van der Waals surface area contributed by atoms with Crippen molar-refractivity contribution in [2.45, 2.75) is 38.1 Å². The molecule has 0 radical (unpaired) electrons. The van der Waals surface area contributed by atoms with Crippen molar-refractivity contribution in [3.63, 3.8) is 0 Å². The number of rotatable bonds is 5. The Morgan fingerprint density at radius 3 is 1.77 bits per heavy atom. The van der Waals surface area contributed by atoms with Crippen LogP contribution >= 0.6 is 0 Å². The molecule has 0 heterocycles. The predicted molar refractivity (Wildman–Crippen MR) is 90.3 cm³/mol. The molecule has 0 spiro atoms. The van der Waals surface area contributed by atoms with Crippen LogP contribution in [0.4, 0.5) is 0 Å². The predicted octanol–water partition coefficient (Wildman–Crippen LogP) is 3.77. The highest BCUT2D eigenvalue weighted by molar-refractivity contribution is 5.18. The minimum Gasteiger partial charge on any atom is -0.389 e. The lowest BCUT2D eigenvalue weighted by molar-refractivity contribution is 0.150. The van der Waals surface area contributed by atoms with E-state index in [9.17, 15) is 5.11 Å². The van der Waals surface area contributed by atoms with E-state index in [1.165, 1.54) is 11.1 Å². The standard InChI is InChI=1S/C20H23NO/c22-20-13-11-19(12-14-20)21(15-17-7-3-1-4-8-17)16-18-9-5-2-6-10-18/h1-11,13,19-20,22H,12,14-16H2/t19-,20+/m0/s1. The van der Waals surface area contributed by atoms with Gasteiger partial charge in [-0.15, -0.1) is 0 Å². The van der Waals surface area contributed by atoms with Gasteiger partial charge in [-0.2, -0.15) is 0 Å². The number of hydrogen-bond acceptors (Lipinski definition) is 2. The zero-order valence-electron chi connectivity index (χ0n) is 12.8. The van der Waals surface area contributed by atoms with E-state index in [4.69, 9.17) is 0 Å². The Hall–Kier alpha value is -1.90. The molecule has 0 aromatic heterocycles. The molecule has 1 aliphatic rings. The summed E-state index contributed by atoms with van der Waals surface area (Å²) in [5.41, 5.74) is 2.66. The van der Waals surface area contributed by atoms with Crippen LogP contribution in [0.1, 0.15) is 24.0 Å². The van der Waals surface area contributed by atoms with Crippen molar-refractivity contribution in [3.8, 4) is 0 Å². The highest BCUT2D eigenvalue weighted by atomic mass is 16.3. The summed E-state index contributed by atoms with van der Waals surface area (Å²) >= 11 is 0. The Balaban J connectivity index is 1.77. The second kappa shape index (κ2) is 7.39. The lowest BCUT2D eigenvalue weighted by atomic mass is 9.98. The van der Waals surface area contributed by atoms with Crippen molar-refractivity contribution in [3.05, 3.63) is 83.9 Å². The fourth-order valence-electron chi connectivity index (χ4n) is 3.02. The maximum absolute atomic E-state index is 9.68. The van der Waals surface area contributed by atoms with Crippen molar-refractivity contribution in [2.24, 2.45) is 0 Å². The van der Waals surface area contributed by atoms with Crippen LogP contribution in [0.3, 0.4) is 0 Å². The maximum atomic E-state index is 9.68. The van der Waals surface area contributed by atoms with Gasteiger partial charge in [0.1, 0.15) is 0 Å². The van der Waals surface area contributed by atoms with E-state index in [1.54, 1.807) is 0 Å². The molecule has 2 nitrogen and oxygen atoms in total. The molecule has 2 aromatic rings. The third-order valence-corrected chi connectivity index (χ3v) is 4.24. The van der Waals surface area contributed by atoms with Crippen LogP contribution in [0.2, 0.25) is 0 Å². The zero-order chi connectivity index (χ0) is 15.2. The quantitative estimate of drug-likeness (QED) is 0.848. The molecule has 2 heteroatoms. The molecule has 22 heavy (non-hydrogen) atoms. The first-order valence-electron chi connectivity index (χ1n) is 7.99. The van der Waals surface area contributed by atoms with Crippen LogP contribution < -0.4 is 0 Å². The lowest BCUT2D eigenvalue weighted by Crippen LogP contribution is -2.35. The Bertz CT molecular complexity index is 552. The van der Waals surface area contributed by atoms with Crippen molar-refractivity contribution < 1.29 is 5.11 Å². The Morgan fingerprint density at radius 1 is 0.773 bits per heavy atom. The van der Waals surface area contributed by atoms with Crippen molar-refractivity contribution >= 4 is 0 Å². The topological polar surface area (TPSA) is 23.5 Å².